The van der Waals surface area contributed by atoms with Crippen molar-refractivity contribution in [2.45, 2.75) is 31.7 Å². The zero-order chi connectivity index (χ0) is 16.9. The summed E-state index contributed by atoms with van der Waals surface area (Å²) in [4.78, 5) is 12.3. The van der Waals surface area contributed by atoms with Crippen LogP contribution in [-0.4, -0.2) is 19.1 Å². The quantitative estimate of drug-likeness (QED) is 0.838. The number of ether oxygens (including phenoxy) is 1. The Kier molecular flexibility index (Phi) is 6.85. The van der Waals surface area contributed by atoms with E-state index < -0.39 is 0 Å². The molecule has 0 saturated heterocycles. The molecule has 4 nitrogen and oxygen atoms in total. The number of carbonyl (C=O) groups is 1. The lowest BCUT2D eigenvalue weighted by Crippen LogP contribution is -2.28. The van der Waals surface area contributed by atoms with Gasteiger partial charge >= 0.3 is 0 Å². The minimum atomic E-state index is 0. The third kappa shape index (κ3) is 4.74. The van der Waals surface area contributed by atoms with Gasteiger partial charge in [-0.15, -0.1) is 12.4 Å². The second-order valence-electron chi connectivity index (χ2n) is 6.39. The molecule has 1 saturated carbocycles. The van der Waals surface area contributed by atoms with E-state index in [1.807, 2.05) is 48.5 Å². The maximum atomic E-state index is 12.3. The van der Waals surface area contributed by atoms with Gasteiger partial charge in [0.15, 0.2) is 0 Å². The molecule has 0 heterocycles. The van der Waals surface area contributed by atoms with Crippen LogP contribution in [0.4, 0.5) is 5.69 Å². The van der Waals surface area contributed by atoms with Gasteiger partial charge in [0.05, 0.1) is 7.11 Å². The monoisotopic (exact) mass is 360 g/mol. The summed E-state index contributed by atoms with van der Waals surface area (Å²) >= 11 is 0. The largest absolute Gasteiger partial charge is 0.496 e. The minimum Gasteiger partial charge on any atom is -0.496 e. The molecule has 25 heavy (non-hydrogen) atoms. The van der Waals surface area contributed by atoms with E-state index in [4.69, 9.17) is 10.5 Å². The summed E-state index contributed by atoms with van der Waals surface area (Å²) in [5.41, 5.74) is 8.88. The molecule has 1 amide bonds. The van der Waals surface area contributed by atoms with Crippen molar-refractivity contribution in [3.63, 3.8) is 0 Å². The molecule has 5 heteroatoms. The van der Waals surface area contributed by atoms with Crippen molar-refractivity contribution in [3.05, 3.63) is 48.5 Å². The fraction of sp³-hybridized carbons (Fsp3) is 0.350. The van der Waals surface area contributed by atoms with Crippen LogP contribution in [0.3, 0.4) is 0 Å². The number of nitrogens with one attached hydrogen (secondary N) is 1. The number of para-hydroxylation sites is 1. The Morgan fingerprint density at radius 1 is 1.20 bits per heavy atom. The van der Waals surface area contributed by atoms with Crippen LogP contribution in [0.15, 0.2) is 48.5 Å². The predicted molar refractivity (Wildman–Crippen MR) is 104 cm³/mol. The first kappa shape index (κ1) is 19.3. The van der Waals surface area contributed by atoms with Crippen LogP contribution < -0.4 is 15.8 Å². The fourth-order valence-electron chi connectivity index (χ4n) is 3.42. The summed E-state index contributed by atoms with van der Waals surface area (Å²) in [5.74, 6) is 1.16. The third-order valence-corrected chi connectivity index (χ3v) is 4.73. The molecule has 0 spiro atoms. The lowest BCUT2D eigenvalue weighted by molar-refractivity contribution is -0.117. The molecule has 0 aromatic heterocycles. The van der Waals surface area contributed by atoms with E-state index >= 15 is 0 Å². The number of hydrogen-bond donors (Lipinski definition) is 2. The number of nitrogens with two attached hydrogens (primary N) is 1. The highest BCUT2D eigenvalue weighted by Gasteiger charge is 2.26. The zero-order valence-electron chi connectivity index (χ0n) is 14.4. The number of anilines is 1. The second kappa shape index (κ2) is 8.88. The van der Waals surface area contributed by atoms with E-state index in [-0.39, 0.29) is 24.4 Å². The molecule has 3 N–H and O–H groups in total. The molecule has 0 unspecified atom stereocenters. The maximum absolute atomic E-state index is 12.3. The highest BCUT2D eigenvalue weighted by molar-refractivity contribution is 5.92. The molecule has 3 rings (SSSR count). The van der Waals surface area contributed by atoms with Crippen molar-refractivity contribution in [1.29, 1.82) is 0 Å². The number of hydrogen-bond acceptors (Lipinski definition) is 3. The third-order valence-electron chi connectivity index (χ3n) is 4.73. The smallest absolute Gasteiger partial charge is 0.224 e. The highest BCUT2D eigenvalue weighted by Crippen LogP contribution is 2.31. The number of benzene rings is 2. The molecular formula is C20H25ClN2O2. The summed E-state index contributed by atoms with van der Waals surface area (Å²) in [6.07, 6.45) is 3.71. The van der Waals surface area contributed by atoms with Crippen molar-refractivity contribution in [2.24, 2.45) is 11.7 Å². The number of halogens is 1. The summed E-state index contributed by atoms with van der Waals surface area (Å²) in [7, 11) is 1.66. The molecule has 2 aromatic rings. The average molecular weight is 361 g/mol. The van der Waals surface area contributed by atoms with Crippen LogP contribution in [0.5, 0.6) is 5.75 Å². The zero-order valence-corrected chi connectivity index (χ0v) is 15.2. The Hall–Kier alpha value is -2.04. The van der Waals surface area contributed by atoms with Crippen molar-refractivity contribution >= 4 is 24.0 Å². The predicted octanol–water partition coefficient (Wildman–Crippen LogP) is 4.24. The molecule has 0 aliphatic heterocycles. The molecular weight excluding hydrogens is 336 g/mol. The Balaban J connectivity index is 0.00000225. The van der Waals surface area contributed by atoms with Gasteiger partial charge in [0.1, 0.15) is 5.75 Å². The van der Waals surface area contributed by atoms with Crippen molar-refractivity contribution in [3.8, 4) is 16.9 Å². The number of carbonyl (C=O) groups excluding carboxylic acids is 1. The van der Waals surface area contributed by atoms with Gasteiger partial charge in [0.2, 0.25) is 5.91 Å². The van der Waals surface area contributed by atoms with Crippen LogP contribution >= 0.6 is 12.4 Å². The van der Waals surface area contributed by atoms with E-state index in [1.165, 1.54) is 0 Å². The van der Waals surface area contributed by atoms with Crippen molar-refractivity contribution < 1.29 is 9.53 Å². The van der Waals surface area contributed by atoms with Crippen molar-refractivity contribution in [1.82, 2.24) is 0 Å². The SMILES string of the molecule is COc1ccccc1-c1cccc(NC(=O)C[C@@H]2CCC[C@H]2N)c1.Cl. The molecule has 2 atom stereocenters. The van der Waals surface area contributed by atoms with Gasteiger partial charge in [-0.05, 0) is 42.5 Å². The molecule has 134 valence electrons. The van der Waals surface area contributed by atoms with E-state index in [9.17, 15) is 4.79 Å². The summed E-state index contributed by atoms with van der Waals surface area (Å²) in [6, 6.07) is 15.9. The minimum absolute atomic E-state index is 0. The van der Waals surface area contributed by atoms with Gasteiger partial charge in [-0.1, -0.05) is 36.8 Å². The van der Waals surface area contributed by atoms with Crippen LogP contribution in [0.2, 0.25) is 0 Å². The molecule has 0 bridgehead atoms. The highest BCUT2D eigenvalue weighted by atomic mass is 35.5. The first-order chi connectivity index (χ1) is 11.7. The first-order valence-corrected chi connectivity index (χ1v) is 8.46. The topological polar surface area (TPSA) is 64.3 Å². The van der Waals surface area contributed by atoms with Gasteiger partial charge in [-0.3, -0.25) is 4.79 Å². The number of rotatable bonds is 5. The van der Waals surface area contributed by atoms with E-state index in [1.54, 1.807) is 7.11 Å². The lowest BCUT2D eigenvalue weighted by atomic mass is 9.99. The maximum Gasteiger partial charge on any atom is 0.224 e. The molecule has 0 radical (unpaired) electrons. The normalized spacial score (nSPS) is 19.1. The molecule has 1 fully saturated rings. The van der Waals surface area contributed by atoms with Crippen LogP contribution in [0.25, 0.3) is 11.1 Å². The second-order valence-corrected chi connectivity index (χ2v) is 6.39. The van der Waals surface area contributed by atoms with Crippen LogP contribution in [0.1, 0.15) is 25.7 Å². The molecule has 1 aliphatic rings. The standard InChI is InChI=1S/C20H24N2O2.ClH/c1-24-19-11-3-2-9-17(19)14-6-4-8-16(12-14)22-20(23)13-15-7-5-10-18(15)21;/h2-4,6,8-9,11-12,15,18H,5,7,10,13,21H2,1H3,(H,22,23);1H/t15-,18+;/m0./s1. The molecule has 1 aliphatic carbocycles. The fourth-order valence-corrected chi connectivity index (χ4v) is 3.42. The van der Waals surface area contributed by atoms with Gasteiger partial charge in [0.25, 0.3) is 0 Å². The van der Waals surface area contributed by atoms with Gasteiger partial charge < -0.3 is 15.8 Å². The van der Waals surface area contributed by atoms with Gasteiger partial charge in [0, 0.05) is 23.7 Å². The van der Waals surface area contributed by atoms with Gasteiger partial charge in [-0.25, -0.2) is 0 Å². The summed E-state index contributed by atoms with van der Waals surface area (Å²) in [5, 5.41) is 3.00. The van der Waals surface area contributed by atoms with Gasteiger partial charge in [-0.2, -0.15) is 0 Å². The average Bonchev–Trinajstić information content (AvgIpc) is 2.99. The Morgan fingerprint density at radius 3 is 2.72 bits per heavy atom. The van der Waals surface area contributed by atoms with E-state index in [0.717, 1.165) is 41.8 Å². The van der Waals surface area contributed by atoms with E-state index in [0.29, 0.717) is 12.3 Å². The number of methoxy groups -OCH3 is 1. The first-order valence-electron chi connectivity index (χ1n) is 8.46. The number of amides is 1. The lowest BCUT2D eigenvalue weighted by Gasteiger charge is -2.15. The van der Waals surface area contributed by atoms with E-state index in [2.05, 4.69) is 5.32 Å². The Bertz CT molecular complexity index is 720. The van der Waals surface area contributed by atoms with Crippen LogP contribution in [-0.2, 0) is 4.79 Å². The Morgan fingerprint density at radius 2 is 2.00 bits per heavy atom. The molecule has 2 aromatic carbocycles. The summed E-state index contributed by atoms with van der Waals surface area (Å²) < 4.78 is 5.42. The van der Waals surface area contributed by atoms with Crippen LogP contribution in [0, 0.1) is 5.92 Å². The Labute approximate surface area is 155 Å². The van der Waals surface area contributed by atoms with Crippen molar-refractivity contribution in [2.75, 3.05) is 12.4 Å². The summed E-state index contributed by atoms with van der Waals surface area (Å²) in [6.45, 7) is 0.